The Labute approximate surface area is 128 Å². The molecule has 4 heteroatoms. The van der Waals surface area contributed by atoms with E-state index in [2.05, 4.69) is 17.1 Å². The maximum atomic E-state index is 13.4. The van der Waals surface area contributed by atoms with Gasteiger partial charge in [0.25, 0.3) is 0 Å². The SMILES string of the molecule is CCCC[C@H](c1ccc(F)c(C)c1)N1CCNCC1.Cl. The number of rotatable bonds is 5. The molecule has 1 heterocycles. The fourth-order valence-electron chi connectivity index (χ4n) is 2.83. The standard InChI is InChI=1S/C16H25FN2.ClH/c1-3-4-5-16(19-10-8-18-9-11-19)14-6-7-15(17)13(2)12-14;/h6-7,12,16,18H,3-5,8-11H2,1-2H3;1H/t16-;/m1./s1. The van der Waals surface area contributed by atoms with Crippen LogP contribution < -0.4 is 5.32 Å². The van der Waals surface area contributed by atoms with Gasteiger partial charge >= 0.3 is 0 Å². The molecule has 1 aliphatic heterocycles. The normalized spacial score (nSPS) is 17.6. The Bertz CT molecular complexity index is 405. The first-order valence-corrected chi connectivity index (χ1v) is 7.43. The summed E-state index contributed by atoms with van der Waals surface area (Å²) < 4.78 is 13.4. The van der Waals surface area contributed by atoms with Gasteiger partial charge in [-0.25, -0.2) is 4.39 Å². The number of piperazine rings is 1. The Balaban J connectivity index is 0.00000200. The molecule has 2 rings (SSSR count). The molecular formula is C16H26ClFN2. The molecule has 0 amide bonds. The third kappa shape index (κ3) is 4.44. The first-order chi connectivity index (χ1) is 9.22. The molecule has 1 atom stereocenters. The van der Waals surface area contributed by atoms with Crippen LogP contribution in [0.2, 0.25) is 0 Å². The number of hydrogen-bond acceptors (Lipinski definition) is 2. The predicted octanol–water partition coefficient (Wildman–Crippen LogP) is 3.69. The summed E-state index contributed by atoms with van der Waals surface area (Å²) in [7, 11) is 0. The molecular weight excluding hydrogens is 275 g/mol. The van der Waals surface area contributed by atoms with Crippen molar-refractivity contribution in [2.24, 2.45) is 0 Å². The fraction of sp³-hybridized carbons (Fsp3) is 0.625. The van der Waals surface area contributed by atoms with Gasteiger partial charge < -0.3 is 5.32 Å². The van der Waals surface area contributed by atoms with Crippen molar-refractivity contribution in [1.29, 1.82) is 0 Å². The first-order valence-electron chi connectivity index (χ1n) is 7.43. The van der Waals surface area contributed by atoms with Gasteiger partial charge in [0.15, 0.2) is 0 Å². The average molecular weight is 301 g/mol. The van der Waals surface area contributed by atoms with Crippen LogP contribution in [0.25, 0.3) is 0 Å². The van der Waals surface area contributed by atoms with E-state index >= 15 is 0 Å². The summed E-state index contributed by atoms with van der Waals surface area (Å²) in [6.45, 7) is 8.37. The highest BCUT2D eigenvalue weighted by Gasteiger charge is 2.21. The van der Waals surface area contributed by atoms with Crippen LogP contribution in [0.3, 0.4) is 0 Å². The molecule has 20 heavy (non-hydrogen) atoms. The smallest absolute Gasteiger partial charge is 0.126 e. The quantitative estimate of drug-likeness (QED) is 0.892. The molecule has 0 bridgehead atoms. The van der Waals surface area contributed by atoms with Crippen molar-refractivity contribution in [3.8, 4) is 0 Å². The van der Waals surface area contributed by atoms with Crippen LogP contribution in [-0.2, 0) is 0 Å². The lowest BCUT2D eigenvalue weighted by atomic mass is 9.97. The van der Waals surface area contributed by atoms with Gasteiger partial charge in [0.05, 0.1) is 0 Å². The predicted molar refractivity (Wildman–Crippen MR) is 85.1 cm³/mol. The zero-order valence-electron chi connectivity index (χ0n) is 12.5. The van der Waals surface area contributed by atoms with Crippen molar-refractivity contribution in [2.75, 3.05) is 26.2 Å². The number of hydrogen-bond donors (Lipinski definition) is 1. The number of nitrogens with zero attached hydrogens (tertiary/aromatic N) is 1. The van der Waals surface area contributed by atoms with E-state index in [1.54, 1.807) is 6.07 Å². The molecule has 0 aromatic heterocycles. The van der Waals surface area contributed by atoms with Crippen molar-refractivity contribution in [2.45, 2.75) is 39.2 Å². The van der Waals surface area contributed by atoms with Crippen molar-refractivity contribution in [3.05, 3.63) is 35.1 Å². The molecule has 1 aliphatic rings. The highest BCUT2D eigenvalue weighted by molar-refractivity contribution is 5.85. The molecule has 0 radical (unpaired) electrons. The van der Waals surface area contributed by atoms with Crippen LogP contribution in [0, 0.1) is 12.7 Å². The fourth-order valence-corrected chi connectivity index (χ4v) is 2.83. The van der Waals surface area contributed by atoms with Crippen LogP contribution in [0.4, 0.5) is 4.39 Å². The summed E-state index contributed by atoms with van der Waals surface area (Å²) in [4.78, 5) is 2.54. The number of unbranched alkanes of at least 4 members (excludes halogenated alkanes) is 1. The van der Waals surface area contributed by atoms with Gasteiger partial charge in [-0.3, -0.25) is 4.90 Å². The van der Waals surface area contributed by atoms with E-state index in [4.69, 9.17) is 0 Å². The van der Waals surface area contributed by atoms with E-state index in [1.807, 2.05) is 19.1 Å². The second-order valence-electron chi connectivity index (χ2n) is 5.45. The van der Waals surface area contributed by atoms with Crippen LogP contribution in [0.15, 0.2) is 18.2 Å². The molecule has 1 aromatic carbocycles. The molecule has 1 fully saturated rings. The molecule has 1 N–H and O–H groups in total. The number of aryl methyl sites for hydroxylation is 1. The maximum absolute atomic E-state index is 13.4. The van der Waals surface area contributed by atoms with Crippen LogP contribution in [0.5, 0.6) is 0 Å². The second-order valence-corrected chi connectivity index (χ2v) is 5.45. The van der Waals surface area contributed by atoms with Gasteiger partial charge in [0, 0.05) is 32.2 Å². The molecule has 1 saturated heterocycles. The minimum absolute atomic E-state index is 0. The Kier molecular flexibility index (Phi) is 7.49. The summed E-state index contributed by atoms with van der Waals surface area (Å²) in [5.41, 5.74) is 2.03. The van der Waals surface area contributed by atoms with Gasteiger partial charge in [0.2, 0.25) is 0 Å². The first kappa shape index (κ1) is 17.4. The van der Waals surface area contributed by atoms with Crippen molar-refractivity contribution >= 4 is 12.4 Å². The minimum atomic E-state index is -0.0988. The summed E-state index contributed by atoms with van der Waals surface area (Å²) in [5.74, 6) is -0.0988. The Morgan fingerprint density at radius 2 is 2.00 bits per heavy atom. The Morgan fingerprint density at radius 1 is 1.30 bits per heavy atom. The third-order valence-electron chi connectivity index (χ3n) is 3.99. The largest absolute Gasteiger partial charge is 0.314 e. The molecule has 0 unspecified atom stereocenters. The summed E-state index contributed by atoms with van der Waals surface area (Å²) in [6, 6.07) is 6.05. The maximum Gasteiger partial charge on any atom is 0.126 e. The highest BCUT2D eigenvalue weighted by atomic mass is 35.5. The van der Waals surface area contributed by atoms with Gasteiger partial charge in [-0.2, -0.15) is 0 Å². The van der Waals surface area contributed by atoms with E-state index in [0.717, 1.165) is 31.7 Å². The van der Waals surface area contributed by atoms with E-state index < -0.39 is 0 Å². The Hall–Kier alpha value is -0.640. The lowest BCUT2D eigenvalue weighted by Crippen LogP contribution is -2.45. The van der Waals surface area contributed by atoms with Crippen molar-refractivity contribution in [1.82, 2.24) is 10.2 Å². The number of benzene rings is 1. The molecule has 114 valence electrons. The topological polar surface area (TPSA) is 15.3 Å². The monoisotopic (exact) mass is 300 g/mol. The zero-order valence-corrected chi connectivity index (χ0v) is 13.3. The van der Waals surface area contributed by atoms with Gasteiger partial charge in [-0.1, -0.05) is 31.9 Å². The summed E-state index contributed by atoms with van der Waals surface area (Å²) in [6.07, 6.45) is 3.61. The number of halogens is 2. The molecule has 1 aromatic rings. The summed E-state index contributed by atoms with van der Waals surface area (Å²) >= 11 is 0. The zero-order chi connectivity index (χ0) is 13.7. The van der Waals surface area contributed by atoms with E-state index in [9.17, 15) is 4.39 Å². The number of nitrogens with one attached hydrogen (secondary N) is 1. The van der Waals surface area contributed by atoms with Gasteiger partial charge in [-0.15, -0.1) is 12.4 Å². The highest BCUT2D eigenvalue weighted by Crippen LogP contribution is 2.28. The van der Waals surface area contributed by atoms with Crippen molar-refractivity contribution in [3.63, 3.8) is 0 Å². The van der Waals surface area contributed by atoms with Crippen molar-refractivity contribution < 1.29 is 4.39 Å². The van der Waals surface area contributed by atoms with E-state index in [0.29, 0.717) is 6.04 Å². The molecule has 0 saturated carbocycles. The molecule has 0 aliphatic carbocycles. The van der Waals surface area contributed by atoms with Gasteiger partial charge in [0.1, 0.15) is 5.82 Å². The van der Waals surface area contributed by atoms with Gasteiger partial charge in [-0.05, 0) is 30.5 Å². The molecule has 0 spiro atoms. The third-order valence-corrected chi connectivity index (χ3v) is 3.99. The Morgan fingerprint density at radius 3 is 2.60 bits per heavy atom. The van der Waals surface area contributed by atoms with E-state index in [1.165, 1.54) is 24.8 Å². The second kappa shape index (κ2) is 8.60. The lowest BCUT2D eigenvalue weighted by molar-refractivity contribution is 0.163. The summed E-state index contributed by atoms with van der Waals surface area (Å²) in [5, 5.41) is 3.40. The average Bonchev–Trinajstić information content (AvgIpc) is 2.44. The van der Waals surface area contributed by atoms with Crippen LogP contribution in [-0.4, -0.2) is 31.1 Å². The van der Waals surface area contributed by atoms with E-state index in [-0.39, 0.29) is 18.2 Å². The lowest BCUT2D eigenvalue weighted by Gasteiger charge is -2.35. The molecule has 2 nitrogen and oxygen atoms in total. The van der Waals surface area contributed by atoms with Crippen LogP contribution in [0.1, 0.15) is 43.4 Å². The van der Waals surface area contributed by atoms with Crippen LogP contribution >= 0.6 is 12.4 Å². The minimum Gasteiger partial charge on any atom is -0.314 e.